The fraction of sp³-hybridized carbons (Fsp3) is 0.500. The monoisotopic (exact) mass is 526 g/mol. The molecule has 6 rings (SSSR count). The summed E-state index contributed by atoms with van der Waals surface area (Å²) in [6.45, 7) is 4.07. The number of aliphatic hydroxyl groups is 1. The van der Waals surface area contributed by atoms with Crippen LogP contribution >= 0.6 is 0 Å². The highest BCUT2D eigenvalue weighted by Gasteiger charge is 2.54. The summed E-state index contributed by atoms with van der Waals surface area (Å²) < 4.78 is 27.4. The molecule has 2 fully saturated rings. The molecule has 0 radical (unpaired) electrons. The summed E-state index contributed by atoms with van der Waals surface area (Å²) in [6, 6.07) is 6.60. The third-order valence-corrected chi connectivity index (χ3v) is 9.92. The predicted molar refractivity (Wildman–Crippen MR) is 144 cm³/mol. The molecule has 4 aliphatic rings. The van der Waals surface area contributed by atoms with Crippen LogP contribution in [0.25, 0.3) is 0 Å². The number of allylic oxidation sites excluding steroid dienone is 1. The highest BCUT2D eigenvalue weighted by molar-refractivity contribution is 7.94. The molecule has 1 saturated carbocycles. The fourth-order valence-corrected chi connectivity index (χ4v) is 6.37. The standard InChI is InChI=1S/C26H34N6O4S/c1-25-8-3-2-4-13-27-24-28-14-7-22(30-24)29-23(34)20-6-5-19(17-21(20)32(15-11-25)16-12-25)31-37(35,36)26(18-33)9-10-26/h2-3,5-7,14,17,31,33H,4,8-13,15-16,18H2,1H3,(H2,27,28,29,30,34)/b3-2-. The van der Waals surface area contributed by atoms with Crippen molar-refractivity contribution in [2.75, 3.05) is 46.5 Å². The number of piperidine rings is 1. The van der Waals surface area contributed by atoms with Crippen molar-refractivity contribution in [1.82, 2.24) is 9.97 Å². The summed E-state index contributed by atoms with van der Waals surface area (Å²) in [7, 11) is -3.76. The third-order valence-electron chi connectivity index (χ3n) is 7.74. The lowest BCUT2D eigenvalue weighted by molar-refractivity contribution is 0.102. The van der Waals surface area contributed by atoms with Gasteiger partial charge in [-0.25, -0.2) is 13.4 Å². The minimum absolute atomic E-state index is 0.158. The smallest absolute Gasteiger partial charge is 0.258 e. The lowest BCUT2D eigenvalue weighted by Crippen LogP contribution is -2.39. The van der Waals surface area contributed by atoms with E-state index < -0.39 is 21.4 Å². The van der Waals surface area contributed by atoms with Gasteiger partial charge in [0.1, 0.15) is 10.6 Å². The van der Waals surface area contributed by atoms with Gasteiger partial charge in [-0.2, -0.15) is 4.98 Å². The lowest BCUT2D eigenvalue weighted by atomic mass is 9.77. The van der Waals surface area contributed by atoms with Crippen molar-refractivity contribution in [3.63, 3.8) is 0 Å². The van der Waals surface area contributed by atoms with Crippen LogP contribution in [0, 0.1) is 5.41 Å². The van der Waals surface area contributed by atoms with Gasteiger partial charge in [-0.3, -0.25) is 9.52 Å². The normalized spacial score (nSPS) is 21.7. The Morgan fingerprint density at radius 3 is 2.65 bits per heavy atom. The number of sulfonamides is 1. The molecular weight excluding hydrogens is 492 g/mol. The molecule has 37 heavy (non-hydrogen) atoms. The summed E-state index contributed by atoms with van der Waals surface area (Å²) in [5, 5.41) is 15.7. The van der Waals surface area contributed by atoms with E-state index in [1.54, 1.807) is 30.5 Å². The number of benzene rings is 1. The zero-order valence-electron chi connectivity index (χ0n) is 21.0. The molecule has 4 heterocycles. The highest BCUT2D eigenvalue weighted by atomic mass is 32.2. The van der Waals surface area contributed by atoms with E-state index in [0.717, 1.165) is 38.8 Å². The van der Waals surface area contributed by atoms with Crippen LogP contribution in [0.5, 0.6) is 0 Å². The molecule has 4 N–H and O–H groups in total. The fourth-order valence-electron chi connectivity index (χ4n) is 4.91. The molecule has 0 unspecified atom stereocenters. The number of fused-ring (bicyclic) bond motifs is 7. The van der Waals surface area contributed by atoms with Gasteiger partial charge >= 0.3 is 0 Å². The maximum absolute atomic E-state index is 13.4. The Kier molecular flexibility index (Phi) is 6.84. The van der Waals surface area contributed by atoms with Crippen molar-refractivity contribution >= 4 is 39.1 Å². The second kappa shape index (κ2) is 9.94. The van der Waals surface area contributed by atoms with Crippen molar-refractivity contribution < 1.29 is 18.3 Å². The molecule has 4 bridgehead atoms. The minimum Gasteiger partial charge on any atom is -0.395 e. The van der Waals surface area contributed by atoms with Gasteiger partial charge in [-0.15, -0.1) is 0 Å². The number of carbonyl (C=O) groups excluding carboxylic acids is 1. The largest absolute Gasteiger partial charge is 0.395 e. The summed E-state index contributed by atoms with van der Waals surface area (Å²) in [6.07, 6.45) is 10.6. The first-order chi connectivity index (χ1) is 17.7. The number of carbonyl (C=O) groups is 1. The molecule has 1 aromatic heterocycles. The molecule has 3 aliphatic heterocycles. The van der Waals surface area contributed by atoms with Crippen molar-refractivity contribution in [3.05, 3.63) is 48.2 Å². The molecule has 10 nitrogen and oxygen atoms in total. The molecule has 1 aliphatic carbocycles. The van der Waals surface area contributed by atoms with Gasteiger partial charge in [-0.1, -0.05) is 19.1 Å². The Morgan fingerprint density at radius 2 is 1.92 bits per heavy atom. The van der Waals surface area contributed by atoms with Gasteiger partial charge in [0.15, 0.2) is 0 Å². The Labute approximate surface area is 217 Å². The van der Waals surface area contributed by atoms with E-state index in [1.165, 1.54) is 0 Å². The zero-order chi connectivity index (χ0) is 26.1. The number of aliphatic hydroxyl groups excluding tert-OH is 1. The van der Waals surface area contributed by atoms with E-state index >= 15 is 0 Å². The molecule has 1 amide bonds. The third kappa shape index (κ3) is 5.42. The van der Waals surface area contributed by atoms with E-state index in [-0.39, 0.29) is 11.3 Å². The number of rotatable bonds is 4. The van der Waals surface area contributed by atoms with Gasteiger partial charge in [-0.05, 0) is 68.2 Å². The second-order valence-corrected chi connectivity index (χ2v) is 12.7. The number of anilines is 4. The van der Waals surface area contributed by atoms with Gasteiger partial charge in [0.25, 0.3) is 5.91 Å². The van der Waals surface area contributed by atoms with Crippen molar-refractivity contribution in [3.8, 4) is 0 Å². The van der Waals surface area contributed by atoms with E-state index in [9.17, 15) is 18.3 Å². The van der Waals surface area contributed by atoms with Crippen LogP contribution in [0.3, 0.4) is 0 Å². The highest BCUT2D eigenvalue weighted by Crippen LogP contribution is 2.44. The maximum Gasteiger partial charge on any atom is 0.258 e. The second-order valence-electron chi connectivity index (χ2n) is 10.6. The van der Waals surface area contributed by atoms with E-state index in [0.29, 0.717) is 48.1 Å². The first kappa shape index (κ1) is 25.5. The average Bonchev–Trinajstić information content (AvgIpc) is 3.68. The van der Waals surface area contributed by atoms with Crippen LogP contribution in [0.1, 0.15) is 55.8 Å². The van der Waals surface area contributed by atoms with Crippen molar-refractivity contribution in [2.45, 2.75) is 50.2 Å². The van der Waals surface area contributed by atoms with Gasteiger partial charge < -0.3 is 20.6 Å². The minimum atomic E-state index is -3.76. The topological polar surface area (TPSA) is 137 Å². The van der Waals surface area contributed by atoms with Crippen molar-refractivity contribution in [1.29, 1.82) is 0 Å². The molecule has 1 saturated heterocycles. The molecule has 198 valence electrons. The van der Waals surface area contributed by atoms with Crippen LogP contribution in [0.15, 0.2) is 42.6 Å². The summed E-state index contributed by atoms with van der Waals surface area (Å²) in [4.78, 5) is 24.2. The van der Waals surface area contributed by atoms with Crippen LogP contribution < -0.4 is 20.3 Å². The number of nitrogens with zero attached hydrogens (tertiary/aromatic N) is 3. The number of amides is 1. The zero-order valence-corrected chi connectivity index (χ0v) is 21.9. The van der Waals surface area contributed by atoms with Gasteiger partial charge in [0, 0.05) is 25.8 Å². The average molecular weight is 527 g/mol. The molecule has 11 heteroatoms. The van der Waals surface area contributed by atoms with Crippen LogP contribution in [0.2, 0.25) is 0 Å². The Bertz CT molecular complexity index is 1300. The summed E-state index contributed by atoms with van der Waals surface area (Å²) >= 11 is 0. The first-order valence-corrected chi connectivity index (χ1v) is 14.3. The number of aromatic nitrogens is 2. The Balaban J connectivity index is 1.49. The van der Waals surface area contributed by atoms with E-state index in [1.807, 2.05) is 0 Å². The molecule has 1 aromatic carbocycles. The van der Waals surface area contributed by atoms with Crippen LogP contribution in [-0.4, -0.2) is 60.4 Å². The molecule has 0 spiro atoms. The maximum atomic E-state index is 13.4. The molecule has 0 atom stereocenters. The van der Waals surface area contributed by atoms with Crippen LogP contribution in [0.4, 0.5) is 23.1 Å². The SMILES string of the molecule is CC12C/C=C\CCNc3nccc(n3)NC(=O)c3ccc(NS(=O)(=O)C4(CO)CC4)cc3N(CC1)CC2. The van der Waals surface area contributed by atoms with Crippen molar-refractivity contribution in [2.24, 2.45) is 5.41 Å². The molecular formula is C26H34N6O4S. The van der Waals surface area contributed by atoms with E-state index in [2.05, 4.69) is 49.3 Å². The number of hydrogen-bond acceptors (Lipinski definition) is 8. The first-order valence-electron chi connectivity index (χ1n) is 12.8. The predicted octanol–water partition coefficient (Wildman–Crippen LogP) is 3.36. The summed E-state index contributed by atoms with van der Waals surface area (Å²) in [5.74, 6) is 0.486. The Morgan fingerprint density at radius 1 is 1.14 bits per heavy atom. The van der Waals surface area contributed by atoms with Gasteiger partial charge in [0.2, 0.25) is 16.0 Å². The van der Waals surface area contributed by atoms with Crippen LogP contribution in [-0.2, 0) is 10.0 Å². The number of hydrogen-bond donors (Lipinski definition) is 4. The summed E-state index contributed by atoms with van der Waals surface area (Å²) in [5.41, 5.74) is 1.64. The number of nitrogens with one attached hydrogen (secondary N) is 3. The lowest BCUT2D eigenvalue weighted by Gasteiger charge is -2.40. The Hall–Kier alpha value is -3.18. The quantitative estimate of drug-likeness (QED) is 0.445. The van der Waals surface area contributed by atoms with E-state index in [4.69, 9.17) is 0 Å². The molecule has 2 aromatic rings. The van der Waals surface area contributed by atoms with Gasteiger partial charge in [0.05, 0.1) is 23.5 Å².